The average Bonchev–Trinajstić information content (AvgIpc) is 3.60. The van der Waals surface area contributed by atoms with Crippen LogP contribution in [-0.4, -0.2) is 41.2 Å². The topological polar surface area (TPSA) is 125 Å². The van der Waals surface area contributed by atoms with Crippen molar-refractivity contribution in [3.05, 3.63) is 69.9 Å². The molecule has 0 fully saturated rings. The zero-order valence-corrected chi connectivity index (χ0v) is 20.0. The van der Waals surface area contributed by atoms with Crippen LogP contribution in [0.4, 0.5) is 23.2 Å². The molecule has 4 rings (SSSR count). The molecule has 0 aliphatic carbocycles. The van der Waals surface area contributed by atoms with E-state index in [4.69, 9.17) is 16.0 Å². The summed E-state index contributed by atoms with van der Waals surface area (Å²) in [5.41, 5.74) is -0.948. The molecule has 0 aliphatic heterocycles. The van der Waals surface area contributed by atoms with Gasteiger partial charge < -0.3 is 15.1 Å². The van der Waals surface area contributed by atoms with Gasteiger partial charge in [0.2, 0.25) is 0 Å². The molecule has 0 aromatic carbocycles. The van der Waals surface area contributed by atoms with E-state index < -0.39 is 47.6 Å². The Bertz CT molecular complexity index is 1440. The molecule has 4 aromatic heterocycles. The van der Waals surface area contributed by atoms with Crippen LogP contribution < -0.4 is 10.6 Å². The highest BCUT2D eigenvalue weighted by atomic mass is 35.5. The highest BCUT2D eigenvalue weighted by Gasteiger charge is 2.28. The Morgan fingerprint density at radius 2 is 1.84 bits per heavy atom. The van der Waals surface area contributed by atoms with Gasteiger partial charge in [-0.25, -0.2) is 17.6 Å². The minimum Gasteiger partial charge on any atom is -0.454 e. The van der Waals surface area contributed by atoms with Crippen LogP contribution in [0.1, 0.15) is 56.6 Å². The molecule has 2 amide bonds. The van der Waals surface area contributed by atoms with Crippen LogP contribution >= 0.6 is 11.6 Å². The molecule has 0 spiro atoms. The monoisotopic (exact) mass is 542 g/mol. The fraction of sp³-hybridized carbons (Fsp3) is 0.286. The second-order valence-corrected chi connectivity index (χ2v) is 8.18. The number of anilines is 1. The summed E-state index contributed by atoms with van der Waals surface area (Å²) < 4.78 is 61.7. The Kier molecular flexibility index (Phi) is 7.33. The van der Waals surface area contributed by atoms with E-state index in [0.29, 0.717) is 4.68 Å². The summed E-state index contributed by atoms with van der Waals surface area (Å²) in [5, 5.41) is 15.8. The van der Waals surface area contributed by atoms with Gasteiger partial charge in [0.1, 0.15) is 22.8 Å². The van der Waals surface area contributed by atoms with Gasteiger partial charge in [-0.2, -0.15) is 15.3 Å². The summed E-state index contributed by atoms with van der Waals surface area (Å²) in [6.45, 7) is -0.285. The van der Waals surface area contributed by atoms with Crippen molar-refractivity contribution in [1.29, 1.82) is 0 Å². The van der Waals surface area contributed by atoms with Gasteiger partial charge >= 0.3 is 0 Å². The molecule has 0 bridgehead atoms. The van der Waals surface area contributed by atoms with Crippen molar-refractivity contribution < 1.29 is 31.6 Å². The fourth-order valence-electron chi connectivity index (χ4n) is 3.48. The van der Waals surface area contributed by atoms with Gasteiger partial charge in [-0.15, -0.1) is 0 Å². The summed E-state index contributed by atoms with van der Waals surface area (Å²) in [6.07, 6.45) is -1.72. The summed E-state index contributed by atoms with van der Waals surface area (Å²) in [6, 6.07) is 2.55. The summed E-state index contributed by atoms with van der Waals surface area (Å²) in [4.78, 5) is 25.4. The maximum Gasteiger partial charge on any atom is 0.291 e. The van der Waals surface area contributed by atoms with Crippen LogP contribution in [0.25, 0.3) is 0 Å². The minimum absolute atomic E-state index is 0.0207. The quantitative estimate of drug-likeness (QED) is 0.311. The van der Waals surface area contributed by atoms with Crippen molar-refractivity contribution in [1.82, 2.24) is 34.7 Å². The largest absolute Gasteiger partial charge is 0.454 e. The molecule has 196 valence electrons. The fourth-order valence-corrected chi connectivity index (χ4v) is 3.79. The number of aryl methyl sites for hydroxylation is 2. The van der Waals surface area contributed by atoms with Crippen LogP contribution in [0.15, 0.2) is 35.1 Å². The SMILES string of the molecule is Cn1cc(CNC(=O)c2c(NC(=O)c3ccc(Cn4nc(C(F)F)c(Cl)c4C(F)F)o3)cnn2C)cn1. The molecule has 0 saturated carbocycles. The number of carbonyl (C=O) groups excluding carboxylic acids is 2. The lowest BCUT2D eigenvalue weighted by Gasteiger charge is -2.08. The lowest BCUT2D eigenvalue weighted by Crippen LogP contribution is -2.26. The Balaban J connectivity index is 1.47. The van der Waals surface area contributed by atoms with Gasteiger partial charge in [0.15, 0.2) is 5.76 Å². The summed E-state index contributed by atoms with van der Waals surface area (Å²) in [5.74, 6) is -1.52. The number of nitrogens with one attached hydrogen (secondary N) is 2. The van der Waals surface area contributed by atoms with Crippen LogP contribution in [-0.2, 0) is 27.2 Å². The number of rotatable bonds is 9. The molecule has 0 radical (unpaired) electrons. The van der Waals surface area contributed by atoms with Crippen molar-refractivity contribution >= 4 is 29.1 Å². The predicted octanol–water partition coefficient (Wildman–Crippen LogP) is 3.70. The van der Waals surface area contributed by atoms with Gasteiger partial charge in [-0.1, -0.05) is 11.6 Å². The Labute approximate surface area is 211 Å². The van der Waals surface area contributed by atoms with Gasteiger partial charge in [0, 0.05) is 32.4 Å². The molecule has 2 N–H and O–H groups in total. The standard InChI is InChI=1S/C21H19ClF4N8O3/c1-32-8-10(6-28-32)5-27-21(36)16-12(7-29-33(16)2)30-20(35)13-4-3-11(37-13)9-34-17(19(25)26)14(22)15(31-34)18(23)24/h3-4,6-8,18-19H,5,9H2,1-2H3,(H,27,36)(H,30,35). The van der Waals surface area contributed by atoms with Crippen molar-refractivity contribution in [3.8, 4) is 0 Å². The third kappa shape index (κ3) is 5.50. The molecule has 0 aliphatic rings. The van der Waals surface area contributed by atoms with Crippen molar-refractivity contribution in [2.24, 2.45) is 14.1 Å². The lowest BCUT2D eigenvalue weighted by molar-refractivity contribution is 0.0942. The third-order valence-electron chi connectivity index (χ3n) is 5.17. The predicted molar refractivity (Wildman–Crippen MR) is 121 cm³/mol. The first-order chi connectivity index (χ1) is 17.5. The molecule has 4 heterocycles. The van der Waals surface area contributed by atoms with Crippen LogP contribution in [0, 0.1) is 0 Å². The minimum atomic E-state index is -3.17. The number of furan rings is 1. The van der Waals surface area contributed by atoms with Crippen molar-refractivity contribution in [2.75, 3.05) is 5.32 Å². The van der Waals surface area contributed by atoms with E-state index in [0.717, 1.165) is 5.56 Å². The molecule has 11 nitrogen and oxygen atoms in total. The molecule has 4 aromatic rings. The number of amides is 2. The Morgan fingerprint density at radius 1 is 1.08 bits per heavy atom. The third-order valence-corrected chi connectivity index (χ3v) is 5.56. The molecule has 37 heavy (non-hydrogen) atoms. The average molecular weight is 543 g/mol. The second-order valence-electron chi connectivity index (χ2n) is 7.80. The first-order valence-corrected chi connectivity index (χ1v) is 10.9. The lowest BCUT2D eigenvalue weighted by atomic mass is 10.3. The zero-order valence-electron chi connectivity index (χ0n) is 19.3. The van der Waals surface area contributed by atoms with Gasteiger partial charge in [-0.05, 0) is 12.1 Å². The van der Waals surface area contributed by atoms with Crippen LogP contribution in [0.5, 0.6) is 0 Å². The number of nitrogens with zero attached hydrogens (tertiary/aromatic N) is 6. The number of hydrogen-bond donors (Lipinski definition) is 2. The number of carbonyl (C=O) groups is 2. The van der Waals surface area contributed by atoms with Crippen molar-refractivity contribution in [3.63, 3.8) is 0 Å². The smallest absolute Gasteiger partial charge is 0.291 e. The van der Waals surface area contributed by atoms with Gasteiger partial charge in [0.05, 0.1) is 29.6 Å². The first kappa shape index (κ1) is 25.9. The van der Waals surface area contributed by atoms with E-state index in [1.54, 1.807) is 24.1 Å². The molecule has 0 atom stereocenters. The van der Waals surface area contributed by atoms with E-state index >= 15 is 0 Å². The van der Waals surface area contributed by atoms with E-state index in [2.05, 4.69) is 25.9 Å². The number of alkyl halides is 4. The highest BCUT2D eigenvalue weighted by molar-refractivity contribution is 6.32. The van der Waals surface area contributed by atoms with Crippen LogP contribution in [0.3, 0.4) is 0 Å². The zero-order chi connectivity index (χ0) is 26.9. The van der Waals surface area contributed by atoms with E-state index in [9.17, 15) is 27.2 Å². The van der Waals surface area contributed by atoms with E-state index in [-0.39, 0.29) is 29.4 Å². The number of aromatic nitrogens is 6. The molecular weight excluding hydrogens is 524 g/mol. The van der Waals surface area contributed by atoms with Gasteiger partial charge in [-0.3, -0.25) is 23.6 Å². The van der Waals surface area contributed by atoms with E-state index in [1.165, 1.54) is 30.1 Å². The molecule has 0 saturated heterocycles. The summed E-state index contributed by atoms with van der Waals surface area (Å²) >= 11 is 5.65. The second kappa shape index (κ2) is 10.5. The number of hydrogen-bond acceptors (Lipinski definition) is 6. The maximum atomic E-state index is 13.4. The Morgan fingerprint density at radius 3 is 2.49 bits per heavy atom. The maximum absolute atomic E-state index is 13.4. The number of halogens is 5. The Hall–Kier alpha value is -4.14. The van der Waals surface area contributed by atoms with Gasteiger partial charge in [0.25, 0.3) is 24.7 Å². The van der Waals surface area contributed by atoms with E-state index in [1.807, 2.05) is 0 Å². The highest BCUT2D eigenvalue weighted by Crippen LogP contribution is 2.35. The normalized spacial score (nSPS) is 11.5. The summed E-state index contributed by atoms with van der Waals surface area (Å²) in [7, 11) is 3.26. The molecular formula is C21H19ClF4N8O3. The van der Waals surface area contributed by atoms with Crippen molar-refractivity contribution in [2.45, 2.75) is 25.9 Å². The molecule has 0 unspecified atom stereocenters. The first-order valence-electron chi connectivity index (χ1n) is 10.5. The van der Waals surface area contributed by atoms with Crippen LogP contribution in [0.2, 0.25) is 5.02 Å². The molecule has 16 heteroatoms.